The number of non-ortho nitro benzene ring substituents is 1. The van der Waals surface area contributed by atoms with Crippen LogP contribution in [0.15, 0.2) is 66.7 Å². The monoisotopic (exact) mass is 430 g/mol. The third kappa shape index (κ3) is 5.29. The Kier molecular flexibility index (Phi) is 6.83. The molecule has 0 aliphatic heterocycles. The second-order valence-corrected chi connectivity index (χ2v) is 6.68. The summed E-state index contributed by atoms with van der Waals surface area (Å²) in [6.45, 7) is 0.143. The van der Waals surface area contributed by atoms with Gasteiger partial charge in [0, 0.05) is 12.1 Å². The fourth-order valence-corrected chi connectivity index (χ4v) is 2.98. The maximum absolute atomic E-state index is 11.1. The Bertz CT molecular complexity index is 1240. The molecule has 0 saturated heterocycles. The van der Waals surface area contributed by atoms with Crippen LogP contribution in [0.4, 0.5) is 5.69 Å². The number of benzene rings is 3. The number of carboxylic acid groups (broad SMARTS) is 1. The molecule has 3 rings (SSSR count). The van der Waals surface area contributed by atoms with Gasteiger partial charge in [0.05, 0.1) is 29.2 Å². The lowest BCUT2D eigenvalue weighted by Gasteiger charge is -2.12. The molecule has 0 aromatic heterocycles. The summed E-state index contributed by atoms with van der Waals surface area (Å²) >= 11 is 0. The summed E-state index contributed by atoms with van der Waals surface area (Å²) in [7, 11) is 1.48. The van der Waals surface area contributed by atoms with E-state index in [2.05, 4.69) is 6.07 Å². The van der Waals surface area contributed by atoms with Crippen molar-refractivity contribution in [2.45, 2.75) is 6.61 Å². The molecule has 0 bridgehead atoms. The number of nitrogens with zero attached hydrogens (tertiary/aromatic N) is 2. The van der Waals surface area contributed by atoms with E-state index in [4.69, 9.17) is 14.6 Å². The number of hydrogen-bond donors (Lipinski definition) is 1. The first kappa shape index (κ1) is 22.1. The number of methoxy groups -OCH3 is 1. The van der Waals surface area contributed by atoms with Gasteiger partial charge >= 0.3 is 5.97 Å². The Morgan fingerprint density at radius 1 is 1.09 bits per heavy atom. The SMILES string of the molecule is COc1cc(C=C(C#N)c2cccc([N+](=O)[O-])c2)ccc1OCc1cccc(C(=O)O)c1. The number of aromatic carboxylic acids is 1. The van der Waals surface area contributed by atoms with E-state index in [-0.39, 0.29) is 23.4 Å². The van der Waals surface area contributed by atoms with Crippen molar-refractivity contribution in [1.82, 2.24) is 0 Å². The van der Waals surface area contributed by atoms with Crippen molar-refractivity contribution in [2.24, 2.45) is 0 Å². The molecule has 0 amide bonds. The lowest BCUT2D eigenvalue weighted by molar-refractivity contribution is -0.384. The maximum Gasteiger partial charge on any atom is 0.335 e. The van der Waals surface area contributed by atoms with Crippen molar-refractivity contribution in [2.75, 3.05) is 7.11 Å². The third-order valence-corrected chi connectivity index (χ3v) is 4.56. The van der Waals surface area contributed by atoms with Crippen molar-refractivity contribution < 1.29 is 24.3 Å². The van der Waals surface area contributed by atoms with E-state index in [9.17, 15) is 20.2 Å². The van der Waals surface area contributed by atoms with Crippen LogP contribution >= 0.6 is 0 Å². The minimum absolute atomic E-state index is 0.100. The standard InChI is InChI=1S/C24H18N2O6/c1-31-23-12-16(10-20(14-25)18-5-3-7-21(13-18)26(29)30)8-9-22(23)32-15-17-4-2-6-19(11-17)24(27)28/h2-13H,15H2,1H3,(H,27,28). The number of ether oxygens (including phenoxy) is 2. The topological polar surface area (TPSA) is 123 Å². The van der Waals surface area contributed by atoms with E-state index >= 15 is 0 Å². The smallest absolute Gasteiger partial charge is 0.335 e. The third-order valence-electron chi connectivity index (χ3n) is 4.56. The van der Waals surface area contributed by atoms with Crippen LogP contribution in [0, 0.1) is 21.4 Å². The van der Waals surface area contributed by atoms with E-state index in [0.29, 0.717) is 28.2 Å². The summed E-state index contributed by atoms with van der Waals surface area (Å²) in [6, 6.07) is 19.4. The number of nitro benzene ring substituents is 1. The number of rotatable bonds is 8. The molecular formula is C24H18N2O6. The summed E-state index contributed by atoms with van der Waals surface area (Å²) in [5.41, 5.74) is 2.09. The van der Waals surface area contributed by atoms with Gasteiger partial charge in [0.1, 0.15) is 6.61 Å². The van der Waals surface area contributed by atoms with Crippen LogP contribution in [0.25, 0.3) is 11.6 Å². The molecule has 0 spiro atoms. The van der Waals surface area contributed by atoms with Crippen LogP contribution in [-0.4, -0.2) is 23.1 Å². The Morgan fingerprint density at radius 2 is 1.84 bits per heavy atom. The highest BCUT2D eigenvalue weighted by Gasteiger charge is 2.11. The molecule has 8 nitrogen and oxygen atoms in total. The minimum Gasteiger partial charge on any atom is -0.493 e. The summed E-state index contributed by atoms with van der Waals surface area (Å²) < 4.78 is 11.2. The Hall–Kier alpha value is -4.64. The molecular weight excluding hydrogens is 412 g/mol. The predicted molar refractivity (Wildman–Crippen MR) is 117 cm³/mol. The van der Waals surface area contributed by atoms with Crippen molar-refractivity contribution >= 4 is 23.3 Å². The first-order valence-corrected chi connectivity index (χ1v) is 9.41. The fourth-order valence-electron chi connectivity index (χ4n) is 2.98. The van der Waals surface area contributed by atoms with Crippen LogP contribution in [0.1, 0.15) is 27.0 Å². The highest BCUT2D eigenvalue weighted by atomic mass is 16.6. The van der Waals surface area contributed by atoms with Gasteiger partial charge in [0.15, 0.2) is 11.5 Å². The molecule has 0 saturated carbocycles. The van der Waals surface area contributed by atoms with Gasteiger partial charge in [0.25, 0.3) is 5.69 Å². The molecule has 1 N–H and O–H groups in total. The zero-order chi connectivity index (χ0) is 23.1. The molecule has 0 unspecified atom stereocenters. The molecule has 0 heterocycles. The average Bonchev–Trinajstić information content (AvgIpc) is 2.81. The molecule has 0 aliphatic rings. The molecule has 160 valence electrons. The number of allylic oxidation sites excluding steroid dienone is 1. The first-order valence-electron chi connectivity index (χ1n) is 9.41. The second kappa shape index (κ2) is 9.91. The zero-order valence-corrected chi connectivity index (χ0v) is 17.0. The van der Waals surface area contributed by atoms with Crippen LogP contribution in [-0.2, 0) is 6.61 Å². The van der Waals surface area contributed by atoms with Gasteiger partial charge < -0.3 is 14.6 Å². The Labute approximate surface area is 183 Å². The first-order chi connectivity index (χ1) is 15.4. The van der Waals surface area contributed by atoms with Crippen LogP contribution in [0.2, 0.25) is 0 Å². The highest BCUT2D eigenvalue weighted by molar-refractivity contribution is 5.90. The number of carboxylic acids is 1. The summed E-state index contributed by atoms with van der Waals surface area (Å²) in [5.74, 6) is -0.152. The Morgan fingerprint density at radius 3 is 2.53 bits per heavy atom. The fraction of sp³-hybridized carbons (Fsp3) is 0.0833. The van der Waals surface area contributed by atoms with Gasteiger partial charge in [-0.2, -0.15) is 5.26 Å². The second-order valence-electron chi connectivity index (χ2n) is 6.68. The molecule has 8 heteroatoms. The van der Waals surface area contributed by atoms with E-state index in [1.54, 1.807) is 42.5 Å². The summed E-state index contributed by atoms with van der Waals surface area (Å²) in [5, 5.41) is 29.6. The lowest BCUT2D eigenvalue weighted by atomic mass is 10.0. The minimum atomic E-state index is -1.02. The molecule has 0 atom stereocenters. The van der Waals surface area contributed by atoms with E-state index < -0.39 is 10.9 Å². The molecule has 0 radical (unpaired) electrons. The maximum atomic E-state index is 11.1. The quantitative estimate of drug-likeness (QED) is 0.232. The molecule has 0 aliphatic carbocycles. The van der Waals surface area contributed by atoms with Crippen LogP contribution in [0.3, 0.4) is 0 Å². The average molecular weight is 430 g/mol. The van der Waals surface area contributed by atoms with Gasteiger partial charge in [0.2, 0.25) is 0 Å². The molecule has 32 heavy (non-hydrogen) atoms. The van der Waals surface area contributed by atoms with Crippen molar-refractivity contribution in [3.63, 3.8) is 0 Å². The number of nitro groups is 1. The van der Waals surface area contributed by atoms with Crippen molar-refractivity contribution in [3.05, 3.63) is 99.1 Å². The number of carbonyl (C=O) groups is 1. The van der Waals surface area contributed by atoms with Gasteiger partial charge in [-0.1, -0.05) is 30.3 Å². The Balaban J connectivity index is 1.83. The molecule has 3 aromatic rings. The number of hydrogen-bond acceptors (Lipinski definition) is 6. The molecule has 3 aromatic carbocycles. The summed E-state index contributed by atoms with van der Waals surface area (Å²) in [6.07, 6.45) is 1.60. The molecule has 0 fully saturated rings. The van der Waals surface area contributed by atoms with E-state index in [1.807, 2.05) is 0 Å². The normalized spacial score (nSPS) is 10.8. The van der Waals surface area contributed by atoms with Gasteiger partial charge in [-0.25, -0.2) is 4.79 Å². The van der Waals surface area contributed by atoms with Gasteiger partial charge in [-0.05, 0) is 47.0 Å². The van der Waals surface area contributed by atoms with Crippen LogP contribution in [0.5, 0.6) is 11.5 Å². The predicted octanol–water partition coefficient (Wildman–Crippen LogP) is 4.94. The lowest BCUT2D eigenvalue weighted by Crippen LogP contribution is -2.01. The van der Waals surface area contributed by atoms with Gasteiger partial charge in [-0.15, -0.1) is 0 Å². The van der Waals surface area contributed by atoms with Crippen molar-refractivity contribution in [3.8, 4) is 17.6 Å². The van der Waals surface area contributed by atoms with Crippen LogP contribution < -0.4 is 9.47 Å². The van der Waals surface area contributed by atoms with Gasteiger partial charge in [-0.3, -0.25) is 10.1 Å². The number of nitriles is 1. The van der Waals surface area contributed by atoms with E-state index in [0.717, 1.165) is 0 Å². The zero-order valence-electron chi connectivity index (χ0n) is 17.0. The summed E-state index contributed by atoms with van der Waals surface area (Å²) in [4.78, 5) is 21.6. The van der Waals surface area contributed by atoms with E-state index in [1.165, 1.54) is 37.4 Å². The van der Waals surface area contributed by atoms with Crippen molar-refractivity contribution in [1.29, 1.82) is 5.26 Å². The largest absolute Gasteiger partial charge is 0.493 e. The highest BCUT2D eigenvalue weighted by Crippen LogP contribution is 2.31.